The van der Waals surface area contributed by atoms with Crippen molar-refractivity contribution in [3.8, 4) is 0 Å². The lowest BCUT2D eigenvalue weighted by Crippen LogP contribution is -2.18. The molecule has 26 heavy (non-hydrogen) atoms. The molecule has 1 N–H and O–H groups in total. The molecule has 0 atom stereocenters. The molecule has 3 aromatic rings. The predicted octanol–water partition coefficient (Wildman–Crippen LogP) is 4.28. The van der Waals surface area contributed by atoms with E-state index < -0.39 is 0 Å². The van der Waals surface area contributed by atoms with E-state index in [4.69, 9.17) is 0 Å². The molecular weight excluding hydrogens is 326 g/mol. The van der Waals surface area contributed by atoms with Crippen LogP contribution in [0.5, 0.6) is 0 Å². The summed E-state index contributed by atoms with van der Waals surface area (Å²) in [6, 6.07) is 15.5. The van der Waals surface area contributed by atoms with Gasteiger partial charge >= 0.3 is 0 Å². The second kappa shape index (κ2) is 7.74. The van der Waals surface area contributed by atoms with Gasteiger partial charge in [-0.05, 0) is 50.6 Å². The SMILES string of the molecule is CCN(c1cccc(C)c1)c1cnnc(Nc2cccc(C(C)=O)c2)n1. The number of benzene rings is 2. The van der Waals surface area contributed by atoms with Crippen molar-refractivity contribution in [1.29, 1.82) is 0 Å². The van der Waals surface area contributed by atoms with Crippen molar-refractivity contribution >= 4 is 28.9 Å². The summed E-state index contributed by atoms with van der Waals surface area (Å²) < 4.78 is 0. The maximum absolute atomic E-state index is 11.5. The number of hydrogen-bond donors (Lipinski definition) is 1. The molecular formula is C20H21N5O. The topological polar surface area (TPSA) is 71.0 Å². The van der Waals surface area contributed by atoms with Crippen LogP contribution >= 0.6 is 0 Å². The molecule has 0 amide bonds. The molecule has 0 bridgehead atoms. The fourth-order valence-corrected chi connectivity index (χ4v) is 2.70. The molecule has 0 aliphatic heterocycles. The lowest BCUT2D eigenvalue weighted by Gasteiger charge is -2.22. The van der Waals surface area contributed by atoms with Crippen molar-refractivity contribution in [1.82, 2.24) is 15.2 Å². The van der Waals surface area contributed by atoms with Gasteiger partial charge in [0.05, 0.1) is 6.20 Å². The number of anilines is 4. The Balaban J connectivity index is 1.88. The first-order chi connectivity index (χ1) is 12.6. The summed E-state index contributed by atoms with van der Waals surface area (Å²) in [5.74, 6) is 1.10. The third-order valence-electron chi connectivity index (χ3n) is 3.98. The number of nitrogens with one attached hydrogen (secondary N) is 1. The van der Waals surface area contributed by atoms with Crippen molar-refractivity contribution in [3.05, 3.63) is 65.9 Å². The van der Waals surface area contributed by atoms with Crippen molar-refractivity contribution in [2.75, 3.05) is 16.8 Å². The van der Waals surface area contributed by atoms with Gasteiger partial charge in [-0.15, -0.1) is 5.10 Å². The molecule has 1 heterocycles. The number of Topliss-reactive ketones (excluding diaryl/α,β-unsaturated/α-hetero) is 1. The largest absolute Gasteiger partial charge is 0.325 e. The van der Waals surface area contributed by atoms with E-state index in [2.05, 4.69) is 51.4 Å². The van der Waals surface area contributed by atoms with Gasteiger partial charge in [0.1, 0.15) is 0 Å². The quantitative estimate of drug-likeness (QED) is 0.671. The van der Waals surface area contributed by atoms with Crippen LogP contribution in [-0.4, -0.2) is 27.5 Å². The number of hydrogen-bond acceptors (Lipinski definition) is 6. The molecule has 0 radical (unpaired) electrons. The van der Waals surface area contributed by atoms with Gasteiger partial charge in [0, 0.05) is 23.5 Å². The van der Waals surface area contributed by atoms with Gasteiger partial charge in [-0.25, -0.2) is 0 Å². The molecule has 6 nitrogen and oxygen atoms in total. The minimum atomic E-state index is 0.0121. The molecule has 0 saturated heterocycles. The monoisotopic (exact) mass is 347 g/mol. The summed E-state index contributed by atoms with van der Waals surface area (Å²) >= 11 is 0. The van der Waals surface area contributed by atoms with E-state index in [0.717, 1.165) is 17.9 Å². The van der Waals surface area contributed by atoms with Crippen LogP contribution in [0.25, 0.3) is 0 Å². The average molecular weight is 347 g/mol. The molecule has 0 saturated carbocycles. The molecule has 0 aliphatic rings. The van der Waals surface area contributed by atoms with Gasteiger partial charge in [-0.2, -0.15) is 10.1 Å². The van der Waals surface area contributed by atoms with Crippen LogP contribution in [0.3, 0.4) is 0 Å². The van der Waals surface area contributed by atoms with Crippen LogP contribution in [0.4, 0.5) is 23.1 Å². The highest BCUT2D eigenvalue weighted by atomic mass is 16.1. The zero-order valence-electron chi connectivity index (χ0n) is 15.1. The molecule has 132 valence electrons. The number of ketones is 1. The molecule has 1 aromatic heterocycles. The number of carbonyl (C=O) groups is 1. The molecule has 0 unspecified atom stereocenters. The Morgan fingerprint density at radius 2 is 1.96 bits per heavy atom. The van der Waals surface area contributed by atoms with Crippen molar-refractivity contribution < 1.29 is 4.79 Å². The summed E-state index contributed by atoms with van der Waals surface area (Å²) in [5, 5.41) is 11.2. The highest BCUT2D eigenvalue weighted by molar-refractivity contribution is 5.95. The smallest absolute Gasteiger partial charge is 0.249 e. The van der Waals surface area contributed by atoms with E-state index in [1.807, 2.05) is 24.3 Å². The van der Waals surface area contributed by atoms with Crippen molar-refractivity contribution in [2.45, 2.75) is 20.8 Å². The zero-order valence-corrected chi connectivity index (χ0v) is 15.1. The van der Waals surface area contributed by atoms with Crippen molar-refractivity contribution in [3.63, 3.8) is 0 Å². The number of rotatable bonds is 6. The second-order valence-corrected chi connectivity index (χ2v) is 5.98. The Labute approximate surface area is 152 Å². The Hall–Kier alpha value is -3.28. The van der Waals surface area contributed by atoms with Gasteiger partial charge < -0.3 is 10.2 Å². The third kappa shape index (κ3) is 4.03. The zero-order chi connectivity index (χ0) is 18.5. The van der Waals surface area contributed by atoms with E-state index >= 15 is 0 Å². The molecule has 0 aliphatic carbocycles. The predicted molar refractivity (Wildman–Crippen MR) is 103 cm³/mol. The van der Waals surface area contributed by atoms with E-state index in [1.54, 1.807) is 25.3 Å². The molecule has 6 heteroatoms. The summed E-state index contributed by atoms with van der Waals surface area (Å²) in [4.78, 5) is 18.2. The van der Waals surface area contributed by atoms with Crippen LogP contribution in [0.1, 0.15) is 29.8 Å². The van der Waals surface area contributed by atoms with Gasteiger partial charge in [0.2, 0.25) is 5.95 Å². The molecule has 0 spiro atoms. The standard InChI is InChI=1S/C20H21N5O/c1-4-25(18-10-5-7-14(2)11-18)19-13-21-24-20(23-19)22-17-9-6-8-16(12-17)15(3)26/h5-13H,4H2,1-3H3,(H,22,23,24). The Kier molecular flexibility index (Phi) is 5.22. The highest BCUT2D eigenvalue weighted by Crippen LogP contribution is 2.24. The summed E-state index contributed by atoms with van der Waals surface area (Å²) in [5.41, 5.74) is 3.62. The van der Waals surface area contributed by atoms with Gasteiger partial charge in [0.15, 0.2) is 11.6 Å². The normalized spacial score (nSPS) is 10.4. The van der Waals surface area contributed by atoms with E-state index in [9.17, 15) is 4.79 Å². The summed E-state index contributed by atoms with van der Waals surface area (Å²) in [6.07, 6.45) is 1.64. The van der Waals surface area contributed by atoms with Crippen molar-refractivity contribution in [2.24, 2.45) is 0 Å². The fourth-order valence-electron chi connectivity index (χ4n) is 2.70. The first-order valence-corrected chi connectivity index (χ1v) is 8.49. The van der Waals surface area contributed by atoms with Crippen LogP contribution in [-0.2, 0) is 0 Å². The first-order valence-electron chi connectivity index (χ1n) is 8.49. The lowest BCUT2D eigenvalue weighted by atomic mass is 10.1. The van der Waals surface area contributed by atoms with E-state index in [0.29, 0.717) is 17.3 Å². The average Bonchev–Trinajstić information content (AvgIpc) is 2.63. The second-order valence-electron chi connectivity index (χ2n) is 5.98. The first kappa shape index (κ1) is 17.5. The van der Waals surface area contributed by atoms with Crippen LogP contribution in [0.2, 0.25) is 0 Å². The summed E-state index contributed by atoms with van der Waals surface area (Å²) in [6.45, 7) is 6.42. The highest BCUT2D eigenvalue weighted by Gasteiger charge is 2.11. The lowest BCUT2D eigenvalue weighted by molar-refractivity contribution is 0.101. The number of nitrogens with zero attached hydrogens (tertiary/aromatic N) is 4. The number of aromatic nitrogens is 3. The maximum Gasteiger partial charge on any atom is 0.249 e. The number of carbonyl (C=O) groups excluding carboxylic acids is 1. The Morgan fingerprint density at radius 1 is 1.15 bits per heavy atom. The van der Waals surface area contributed by atoms with Crippen LogP contribution < -0.4 is 10.2 Å². The molecule has 2 aromatic carbocycles. The molecule has 3 rings (SSSR count). The minimum absolute atomic E-state index is 0.0121. The molecule has 0 fully saturated rings. The van der Waals surface area contributed by atoms with Crippen LogP contribution in [0, 0.1) is 6.92 Å². The Morgan fingerprint density at radius 3 is 2.69 bits per heavy atom. The van der Waals surface area contributed by atoms with Gasteiger partial charge in [-0.3, -0.25) is 4.79 Å². The third-order valence-corrected chi connectivity index (χ3v) is 3.98. The van der Waals surface area contributed by atoms with Gasteiger partial charge in [0.25, 0.3) is 0 Å². The number of aryl methyl sites for hydroxylation is 1. The fraction of sp³-hybridized carbons (Fsp3) is 0.200. The van der Waals surface area contributed by atoms with Crippen LogP contribution in [0.15, 0.2) is 54.7 Å². The Bertz CT molecular complexity index is 925. The van der Waals surface area contributed by atoms with Gasteiger partial charge in [-0.1, -0.05) is 24.3 Å². The van der Waals surface area contributed by atoms with E-state index in [1.165, 1.54) is 5.56 Å². The van der Waals surface area contributed by atoms with E-state index in [-0.39, 0.29) is 5.78 Å². The maximum atomic E-state index is 11.5. The minimum Gasteiger partial charge on any atom is -0.325 e. The summed E-state index contributed by atoms with van der Waals surface area (Å²) in [7, 11) is 0.